The van der Waals surface area contributed by atoms with E-state index in [1.54, 1.807) is 39.9 Å². The average Bonchev–Trinajstić information content (AvgIpc) is 3.27. The summed E-state index contributed by atoms with van der Waals surface area (Å²) in [6.07, 6.45) is 1.56. The van der Waals surface area contributed by atoms with Crippen LogP contribution >= 0.6 is 11.6 Å². The van der Waals surface area contributed by atoms with E-state index in [4.69, 9.17) is 11.6 Å². The molecule has 0 saturated carbocycles. The molecule has 4 aromatic rings. The highest BCUT2D eigenvalue weighted by Gasteiger charge is 2.26. The van der Waals surface area contributed by atoms with Gasteiger partial charge in [-0.1, -0.05) is 72.3 Å². The zero-order chi connectivity index (χ0) is 25.7. The van der Waals surface area contributed by atoms with Crippen LogP contribution in [0.1, 0.15) is 39.7 Å². The van der Waals surface area contributed by atoms with E-state index in [0.717, 1.165) is 16.7 Å². The third-order valence-electron chi connectivity index (χ3n) is 6.06. The number of imidazole rings is 1. The lowest BCUT2D eigenvalue weighted by Crippen LogP contribution is -2.31. The van der Waals surface area contributed by atoms with Gasteiger partial charge in [-0.3, -0.25) is 4.79 Å². The van der Waals surface area contributed by atoms with E-state index in [0.29, 0.717) is 29.4 Å². The zero-order valence-corrected chi connectivity index (χ0v) is 21.8. The summed E-state index contributed by atoms with van der Waals surface area (Å²) >= 11 is 6.09. The van der Waals surface area contributed by atoms with Crippen LogP contribution in [-0.2, 0) is 28.7 Å². The summed E-state index contributed by atoms with van der Waals surface area (Å²) in [5, 5.41) is 0.478. The van der Waals surface area contributed by atoms with Gasteiger partial charge >= 0.3 is 0 Å². The summed E-state index contributed by atoms with van der Waals surface area (Å²) in [5.41, 5.74) is 3.70. The van der Waals surface area contributed by atoms with Crippen molar-refractivity contribution >= 4 is 27.3 Å². The molecule has 0 N–H and O–H groups in total. The molecule has 0 aliphatic rings. The Balaban J connectivity index is 1.71. The highest BCUT2D eigenvalue weighted by atomic mass is 35.5. The fourth-order valence-electron chi connectivity index (χ4n) is 4.07. The van der Waals surface area contributed by atoms with Crippen LogP contribution in [0.3, 0.4) is 0 Å². The van der Waals surface area contributed by atoms with Gasteiger partial charge in [0.15, 0.2) is 0 Å². The lowest BCUT2D eigenvalue weighted by Gasteiger charge is -2.22. The first kappa shape index (κ1) is 25.7. The Labute approximate surface area is 217 Å². The van der Waals surface area contributed by atoms with Crippen LogP contribution in [0, 0.1) is 6.92 Å². The summed E-state index contributed by atoms with van der Waals surface area (Å²) < 4.78 is 28.8. The molecular formula is C28H28ClN3O3S. The van der Waals surface area contributed by atoms with Crippen LogP contribution in [0.15, 0.2) is 90.2 Å². The van der Waals surface area contributed by atoms with Gasteiger partial charge in [0.2, 0.25) is 15.0 Å². The molecule has 0 aliphatic carbocycles. The van der Waals surface area contributed by atoms with Crippen LogP contribution in [0.25, 0.3) is 0 Å². The van der Waals surface area contributed by atoms with Crippen molar-refractivity contribution in [3.8, 4) is 0 Å². The molecule has 3 aromatic carbocycles. The van der Waals surface area contributed by atoms with E-state index in [9.17, 15) is 13.2 Å². The number of rotatable bonds is 9. The van der Waals surface area contributed by atoms with Gasteiger partial charge in [0.25, 0.3) is 5.91 Å². The van der Waals surface area contributed by atoms with Gasteiger partial charge < -0.3 is 9.47 Å². The molecule has 0 atom stereocenters. The number of carbonyl (C=O) groups is 1. The first-order valence-corrected chi connectivity index (χ1v) is 13.7. The number of carbonyl (C=O) groups excluding carboxylic acids is 1. The molecule has 1 heterocycles. The fraction of sp³-hybridized carbons (Fsp3) is 0.214. The predicted octanol–water partition coefficient (Wildman–Crippen LogP) is 5.53. The van der Waals surface area contributed by atoms with Crippen LogP contribution in [-0.4, -0.2) is 35.3 Å². The van der Waals surface area contributed by atoms with E-state index in [-0.39, 0.29) is 23.4 Å². The van der Waals surface area contributed by atoms with E-state index in [1.165, 1.54) is 0 Å². The van der Waals surface area contributed by atoms with Crippen LogP contribution < -0.4 is 0 Å². The van der Waals surface area contributed by atoms with Crippen molar-refractivity contribution < 1.29 is 13.2 Å². The molecule has 0 aliphatic heterocycles. The molecule has 0 spiro atoms. The number of halogens is 1. The standard InChI is InChI=1S/C28H28ClN3O3S/c1-3-31(27(33)23-14-9-15-25(29)16-23)19-26-17-30-28(32(26)18-22-11-5-4-6-12-22)36(34,35)20-24-13-8-7-10-21(24)2/h4-17H,3,18-20H2,1-2H3. The molecule has 8 heteroatoms. The van der Waals surface area contributed by atoms with Crippen molar-refractivity contribution in [3.63, 3.8) is 0 Å². The third-order valence-corrected chi connectivity index (χ3v) is 7.87. The lowest BCUT2D eigenvalue weighted by molar-refractivity contribution is 0.0749. The number of hydrogen-bond acceptors (Lipinski definition) is 4. The Kier molecular flexibility index (Phi) is 7.91. The summed E-state index contributed by atoms with van der Waals surface area (Å²) in [6.45, 7) is 4.75. The average molecular weight is 522 g/mol. The van der Waals surface area contributed by atoms with Crippen LogP contribution in [0.4, 0.5) is 0 Å². The van der Waals surface area contributed by atoms with Gasteiger partial charge in [-0.25, -0.2) is 13.4 Å². The Morgan fingerprint density at radius 3 is 2.42 bits per heavy atom. The molecular weight excluding hydrogens is 494 g/mol. The molecule has 4 rings (SSSR count). The number of nitrogens with zero attached hydrogens (tertiary/aromatic N) is 3. The van der Waals surface area contributed by atoms with Crippen molar-refractivity contribution in [3.05, 3.63) is 118 Å². The van der Waals surface area contributed by atoms with E-state index in [2.05, 4.69) is 4.98 Å². The predicted molar refractivity (Wildman–Crippen MR) is 142 cm³/mol. The number of aromatic nitrogens is 2. The maximum atomic E-state index is 13.5. The normalized spacial score (nSPS) is 11.4. The van der Waals surface area contributed by atoms with Crippen LogP contribution in [0.2, 0.25) is 5.02 Å². The summed E-state index contributed by atoms with van der Waals surface area (Å²) in [7, 11) is -3.76. The number of hydrogen-bond donors (Lipinski definition) is 0. The van der Waals surface area contributed by atoms with Gasteiger partial charge in [0.05, 0.1) is 30.7 Å². The monoisotopic (exact) mass is 521 g/mol. The van der Waals surface area contributed by atoms with Gasteiger partial charge in [-0.15, -0.1) is 0 Å². The number of amides is 1. The topological polar surface area (TPSA) is 72.3 Å². The molecule has 0 fully saturated rings. The van der Waals surface area contributed by atoms with Crippen molar-refractivity contribution in [2.45, 2.75) is 37.8 Å². The Morgan fingerprint density at radius 1 is 1.00 bits per heavy atom. The van der Waals surface area contributed by atoms with E-state index >= 15 is 0 Å². The molecule has 0 unspecified atom stereocenters. The maximum Gasteiger partial charge on any atom is 0.254 e. The second-order valence-electron chi connectivity index (χ2n) is 8.62. The highest BCUT2D eigenvalue weighted by Crippen LogP contribution is 2.22. The van der Waals surface area contributed by atoms with Crippen LogP contribution in [0.5, 0.6) is 0 Å². The van der Waals surface area contributed by atoms with Gasteiger partial charge in [0, 0.05) is 17.1 Å². The second kappa shape index (κ2) is 11.1. The fourth-order valence-corrected chi connectivity index (χ4v) is 5.85. The quantitative estimate of drug-likeness (QED) is 0.290. The highest BCUT2D eigenvalue weighted by molar-refractivity contribution is 7.90. The number of benzene rings is 3. The maximum absolute atomic E-state index is 13.5. The summed E-state index contributed by atoms with van der Waals surface area (Å²) in [4.78, 5) is 19.2. The van der Waals surface area contributed by atoms with Crippen molar-refractivity contribution in [2.75, 3.05) is 6.54 Å². The van der Waals surface area contributed by atoms with E-state index in [1.807, 2.05) is 68.4 Å². The minimum atomic E-state index is -3.76. The minimum Gasteiger partial charge on any atom is -0.333 e. The van der Waals surface area contributed by atoms with Crippen molar-refractivity contribution in [1.82, 2.24) is 14.5 Å². The molecule has 0 saturated heterocycles. The molecule has 0 bridgehead atoms. The Morgan fingerprint density at radius 2 is 1.72 bits per heavy atom. The Hall–Kier alpha value is -3.42. The molecule has 0 radical (unpaired) electrons. The summed E-state index contributed by atoms with van der Waals surface area (Å²) in [5.74, 6) is -0.332. The molecule has 1 aromatic heterocycles. The molecule has 1 amide bonds. The van der Waals surface area contributed by atoms with E-state index < -0.39 is 9.84 Å². The zero-order valence-electron chi connectivity index (χ0n) is 20.3. The third kappa shape index (κ3) is 5.86. The first-order chi connectivity index (χ1) is 17.3. The first-order valence-electron chi connectivity index (χ1n) is 11.7. The largest absolute Gasteiger partial charge is 0.333 e. The molecule has 36 heavy (non-hydrogen) atoms. The number of aryl methyl sites for hydroxylation is 1. The number of sulfone groups is 1. The van der Waals surface area contributed by atoms with Crippen molar-refractivity contribution in [1.29, 1.82) is 0 Å². The van der Waals surface area contributed by atoms with Gasteiger partial charge in [-0.2, -0.15) is 0 Å². The smallest absolute Gasteiger partial charge is 0.254 e. The van der Waals surface area contributed by atoms with Gasteiger partial charge in [-0.05, 0) is 48.7 Å². The SMILES string of the molecule is CCN(Cc1cnc(S(=O)(=O)Cc2ccccc2C)n1Cc1ccccc1)C(=O)c1cccc(Cl)c1. The summed E-state index contributed by atoms with van der Waals surface area (Å²) in [6, 6.07) is 23.9. The Bertz CT molecular complexity index is 1470. The van der Waals surface area contributed by atoms with Gasteiger partial charge in [0.1, 0.15) is 0 Å². The molecule has 186 valence electrons. The molecule has 6 nitrogen and oxygen atoms in total. The van der Waals surface area contributed by atoms with Crippen molar-refractivity contribution in [2.24, 2.45) is 0 Å². The second-order valence-corrected chi connectivity index (χ2v) is 10.9. The lowest BCUT2D eigenvalue weighted by atomic mass is 10.1. The minimum absolute atomic E-state index is 0.00383.